The smallest absolute Gasteiger partial charge is 0.119 e. The summed E-state index contributed by atoms with van der Waals surface area (Å²) in [5.41, 5.74) is 6.25. The van der Waals surface area contributed by atoms with E-state index < -0.39 is 0 Å². The molecule has 0 saturated heterocycles. The molecule has 2 nitrogen and oxygen atoms in total. The van der Waals surface area contributed by atoms with Gasteiger partial charge in [-0.25, -0.2) is 0 Å². The Morgan fingerprint density at radius 3 is 2.73 bits per heavy atom. The lowest BCUT2D eigenvalue weighted by Gasteiger charge is -2.04. The maximum Gasteiger partial charge on any atom is 0.119 e. The molecule has 0 aliphatic rings. The minimum absolute atomic E-state index is 0.310. The monoisotopic (exact) mass is 215 g/mol. The van der Waals surface area contributed by atoms with Crippen molar-refractivity contribution in [1.29, 1.82) is 0 Å². The SMILES string of the molecule is NCCc1c(O)cccc1Br. The van der Waals surface area contributed by atoms with Gasteiger partial charge in [-0.15, -0.1) is 0 Å². The molecule has 0 aliphatic carbocycles. The van der Waals surface area contributed by atoms with Crippen molar-refractivity contribution in [1.82, 2.24) is 0 Å². The Bertz CT molecular complexity index is 230. The Morgan fingerprint density at radius 1 is 1.45 bits per heavy atom. The van der Waals surface area contributed by atoms with Crippen LogP contribution in [0.1, 0.15) is 5.56 Å². The molecule has 0 saturated carbocycles. The summed E-state index contributed by atoms with van der Waals surface area (Å²) < 4.78 is 0.919. The molecule has 3 N–H and O–H groups in total. The van der Waals surface area contributed by atoms with E-state index in [-0.39, 0.29) is 0 Å². The van der Waals surface area contributed by atoms with Crippen LogP contribution in [0.3, 0.4) is 0 Å². The molecule has 60 valence electrons. The van der Waals surface area contributed by atoms with Crippen molar-refractivity contribution in [3.63, 3.8) is 0 Å². The van der Waals surface area contributed by atoms with Crippen molar-refractivity contribution in [2.24, 2.45) is 5.73 Å². The van der Waals surface area contributed by atoms with Crippen LogP contribution in [0.2, 0.25) is 0 Å². The van der Waals surface area contributed by atoms with Crippen molar-refractivity contribution < 1.29 is 5.11 Å². The summed E-state index contributed by atoms with van der Waals surface area (Å²) in [6, 6.07) is 5.35. The van der Waals surface area contributed by atoms with E-state index in [1.165, 1.54) is 0 Å². The molecule has 0 radical (unpaired) electrons. The van der Waals surface area contributed by atoms with E-state index in [0.717, 1.165) is 10.0 Å². The van der Waals surface area contributed by atoms with Gasteiger partial charge in [-0.2, -0.15) is 0 Å². The fourth-order valence-corrected chi connectivity index (χ4v) is 1.49. The predicted molar refractivity (Wildman–Crippen MR) is 48.6 cm³/mol. The molecule has 0 atom stereocenters. The highest BCUT2D eigenvalue weighted by atomic mass is 79.9. The number of phenolic OH excluding ortho intramolecular Hbond substituents is 1. The Labute approximate surface area is 74.2 Å². The molecule has 0 aliphatic heterocycles. The number of hydrogen-bond donors (Lipinski definition) is 2. The second kappa shape index (κ2) is 3.74. The number of benzene rings is 1. The van der Waals surface area contributed by atoms with Crippen LogP contribution in [0.25, 0.3) is 0 Å². The van der Waals surface area contributed by atoms with Crippen LogP contribution in [0.4, 0.5) is 0 Å². The number of nitrogens with two attached hydrogens (primary N) is 1. The molecule has 1 rings (SSSR count). The Morgan fingerprint density at radius 2 is 2.18 bits per heavy atom. The van der Waals surface area contributed by atoms with Crippen LogP contribution in [-0.4, -0.2) is 11.7 Å². The van der Waals surface area contributed by atoms with Gasteiger partial charge in [-0.3, -0.25) is 0 Å². The first-order chi connectivity index (χ1) is 5.25. The molecule has 0 fully saturated rings. The van der Waals surface area contributed by atoms with Gasteiger partial charge in [0.05, 0.1) is 0 Å². The van der Waals surface area contributed by atoms with Crippen LogP contribution >= 0.6 is 15.9 Å². The second-order valence-corrected chi connectivity index (χ2v) is 3.13. The van der Waals surface area contributed by atoms with E-state index in [1.807, 2.05) is 6.07 Å². The zero-order valence-electron chi connectivity index (χ0n) is 6.05. The molecule has 1 aromatic carbocycles. The van der Waals surface area contributed by atoms with Crippen molar-refractivity contribution in [2.75, 3.05) is 6.54 Å². The topological polar surface area (TPSA) is 46.2 Å². The Hall–Kier alpha value is -0.540. The summed E-state index contributed by atoms with van der Waals surface area (Å²) >= 11 is 3.33. The first-order valence-corrected chi connectivity index (χ1v) is 4.21. The predicted octanol–water partition coefficient (Wildman–Crippen LogP) is 1.66. The van der Waals surface area contributed by atoms with E-state index in [1.54, 1.807) is 12.1 Å². The Balaban J connectivity index is 3.00. The standard InChI is InChI=1S/C8H10BrNO/c9-7-2-1-3-8(11)6(7)4-5-10/h1-3,11H,4-5,10H2. The molecule has 0 bridgehead atoms. The highest BCUT2D eigenvalue weighted by molar-refractivity contribution is 9.10. The van der Waals surface area contributed by atoms with Gasteiger partial charge in [0.15, 0.2) is 0 Å². The molecule has 3 heteroatoms. The fourth-order valence-electron chi connectivity index (χ4n) is 0.939. The van der Waals surface area contributed by atoms with Crippen molar-refractivity contribution in [3.05, 3.63) is 28.2 Å². The quantitative estimate of drug-likeness (QED) is 0.789. The van der Waals surface area contributed by atoms with Crippen molar-refractivity contribution >= 4 is 15.9 Å². The maximum atomic E-state index is 9.34. The van der Waals surface area contributed by atoms with Crippen LogP contribution in [0.15, 0.2) is 22.7 Å². The molecule has 0 amide bonds. The van der Waals surface area contributed by atoms with Gasteiger partial charge in [0.1, 0.15) is 5.75 Å². The highest BCUT2D eigenvalue weighted by Gasteiger charge is 2.02. The lowest BCUT2D eigenvalue weighted by Crippen LogP contribution is -2.03. The van der Waals surface area contributed by atoms with E-state index in [0.29, 0.717) is 18.7 Å². The average Bonchev–Trinajstić information content (AvgIpc) is 1.97. The van der Waals surface area contributed by atoms with Gasteiger partial charge in [-0.05, 0) is 25.1 Å². The molecular weight excluding hydrogens is 206 g/mol. The first-order valence-electron chi connectivity index (χ1n) is 3.42. The van der Waals surface area contributed by atoms with Gasteiger partial charge in [0, 0.05) is 10.0 Å². The summed E-state index contributed by atoms with van der Waals surface area (Å²) in [6.07, 6.45) is 0.702. The third-order valence-electron chi connectivity index (χ3n) is 1.49. The summed E-state index contributed by atoms with van der Waals surface area (Å²) in [4.78, 5) is 0. The summed E-state index contributed by atoms with van der Waals surface area (Å²) in [5, 5.41) is 9.34. The van der Waals surface area contributed by atoms with Crippen LogP contribution in [0, 0.1) is 0 Å². The molecular formula is C8H10BrNO. The van der Waals surface area contributed by atoms with E-state index in [2.05, 4.69) is 15.9 Å². The summed E-state index contributed by atoms with van der Waals surface area (Å²) in [5.74, 6) is 0.310. The molecule has 0 spiro atoms. The minimum atomic E-state index is 0.310. The van der Waals surface area contributed by atoms with Crippen LogP contribution in [-0.2, 0) is 6.42 Å². The van der Waals surface area contributed by atoms with Gasteiger partial charge in [0.2, 0.25) is 0 Å². The number of phenols is 1. The number of rotatable bonds is 2. The van der Waals surface area contributed by atoms with E-state index >= 15 is 0 Å². The van der Waals surface area contributed by atoms with Gasteiger partial charge < -0.3 is 10.8 Å². The molecule has 0 aromatic heterocycles. The number of halogens is 1. The van der Waals surface area contributed by atoms with E-state index in [4.69, 9.17) is 5.73 Å². The first kappa shape index (κ1) is 8.56. The third kappa shape index (κ3) is 1.94. The minimum Gasteiger partial charge on any atom is -0.508 e. The zero-order chi connectivity index (χ0) is 8.27. The van der Waals surface area contributed by atoms with Crippen LogP contribution < -0.4 is 5.73 Å². The van der Waals surface area contributed by atoms with Crippen molar-refractivity contribution in [2.45, 2.75) is 6.42 Å². The van der Waals surface area contributed by atoms with Gasteiger partial charge >= 0.3 is 0 Å². The van der Waals surface area contributed by atoms with Gasteiger partial charge in [-0.1, -0.05) is 22.0 Å². The second-order valence-electron chi connectivity index (χ2n) is 2.28. The Kier molecular flexibility index (Phi) is 2.91. The zero-order valence-corrected chi connectivity index (χ0v) is 7.63. The summed E-state index contributed by atoms with van der Waals surface area (Å²) in [7, 11) is 0. The maximum absolute atomic E-state index is 9.34. The largest absolute Gasteiger partial charge is 0.508 e. The normalized spacial score (nSPS) is 10.0. The fraction of sp³-hybridized carbons (Fsp3) is 0.250. The third-order valence-corrected chi connectivity index (χ3v) is 2.23. The molecule has 11 heavy (non-hydrogen) atoms. The summed E-state index contributed by atoms with van der Waals surface area (Å²) in [6.45, 7) is 0.552. The van der Waals surface area contributed by atoms with Gasteiger partial charge in [0.25, 0.3) is 0 Å². The van der Waals surface area contributed by atoms with E-state index in [9.17, 15) is 5.11 Å². The highest BCUT2D eigenvalue weighted by Crippen LogP contribution is 2.25. The lowest BCUT2D eigenvalue weighted by molar-refractivity contribution is 0.467. The molecule has 0 unspecified atom stereocenters. The lowest BCUT2D eigenvalue weighted by atomic mass is 10.1. The number of hydrogen-bond acceptors (Lipinski definition) is 2. The van der Waals surface area contributed by atoms with Crippen LogP contribution in [0.5, 0.6) is 5.75 Å². The van der Waals surface area contributed by atoms with Crippen molar-refractivity contribution in [3.8, 4) is 5.75 Å². The number of aromatic hydroxyl groups is 1. The molecule has 1 aromatic rings. The average molecular weight is 216 g/mol. The molecule has 0 heterocycles.